The first-order chi connectivity index (χ1) is 15.8. The highest BCUT2D eigenvalue weighted by Crippen LogP contribution is 2.40. The largest absolute Gasteiger partial charge is 0.493 e. The molecule has 0 fully saturated rings. The van der Waals surface area contributed by atoms with Crippen molar-refractivity contribution < 1.29 is 14.6 Å². The number of nitrogens with zero attached hydrogens (tertiary/aromatic N) is 1. The molecule has 0 saturated carbocycles. The molecule has 0 amide bonds. The van der Waals surface area contributed by atoms with Crippen molar-refractivity contribution in [3.05, 3.63) is 126 Å². The summed E-state index contributed by atoms with van der Waals surface area (Å²) in [7, 11) is 0. The first kappa shape index (κ1) is 20.3. The van der Waals surface area contributed by atoms with E-state index in [1.54, 1.807) is 6.20 Å². The minimum absolute atomic E-state index is 0.0140. The van der Waals surface area contributed by atoms with E-state index in [4.69, 9.17) is 9.47 Å². The molecule has 32 heavy (non-hydrogen) atoms. The number of fused-ring (bicyclic) bond motifs is 1. The van der Waals surface area contributed by atoms with Gasteiger partial charge in [-0.25, -0.2) is 0 Å². The van der Waals surface area contributed by atoms with Crippen LogP contribution in [0.15, 0.2) is 103 Å². The monoisotopic (exact) mass is 423 g/mol. The third kappa shape index (κ3) is 4.36. The van der Waals surface area contributed by atoms with E-state index in [0.717, 1.165) is 28.7 Å². The molecule has 0 unspecified atom stereocenters. The molecule has 0 spiro atoms. The average Bonchev–Trinajstić information content (AvgIpc) is 2.86. The summed E-state index contributed by atoms with van der Waals surface area (Å²) in [4.78, 5) is 4.17. The molecule has 1 N–H and O–H groups in total. The Labute approximate surface area is 188 Å². The summed E-state index contributed by atoms with van der Waals surface area (Å²) in [5.41, 5.74) is 4.05. The SMILES string of the molecule is O[C@@H]1c2ccc(OC(c3ccccc3)c3ccccc3)cc2OC[C@H]1Cc1cccnc1. The number of pyridine rings is 1. The molecule has 160 valence electrons. The van der Waals surface area contributed by atoms with E-state index in [2.05, 4.69) is 29.2 Å². The molecule has 4 aromatic rings. The molecule has 1 aliphatic rings. The highest BCUT2D eigenvalue weighted by atomic mass is 16.5. The first-order valence-electron chi connectivity index (χ1n) is 10.9. The fraction of sp³-hybridized carbons (Fsp3) is 0.179. The van der Waals surface area contributed by atoms with Crippen LogP contribution in [0.3, 0.4) is 0 Å². The van der Waals surface area contributed by atoms with Crippen molar-refractivity contribution in [1.29, 1.82) is 0 Å². The Morgan fingerprint density at radius 2 is 1.62 bits per heavy atom. The Bertz CT molecular complexity index is 1110. The van der Waals surface area contributed by atoms with E-state index < -0.39 is 6.10 Å². The fourth-order valence-corrected chi connectivity index (χ4v) is 4.21. The maximum absolute atomic E-state index is 11.0. The van der Waals surface area contributed by atoms with Gasteiger partial charge in [0.2, 0.25) is 0 Å². The maximum atomic E-state index is 11.0. The number of aliphatic hydroxyl groups excluding tert-OH is 1. The van der Waals surface area contributed by atoms with Gasteiger partial charge in [0, 0.05) is 29.9 Å². The summed E-state index contributed by atoms with van der Waals surface area (Å²) in [6.45, 7) is 0.452. The number of rotatable bonds is 6. The molecule has 0 aliphatic carbocycles. The van der Waals surface area contributed by atoms with Gasteiger partial charge in [-0.15, -0.1) is 0 Å². The van der Waals surface area contributed by atoms with Gasteiger partial charge in [-0.2, -0.15) is 0 Å². The number of benzene rings is 3. The molecule has 5 rings (SSSR count). The van der Waals surface area contributed by atoms with Crippen LogP contribution in [0.25, 0.3) is 0 Å². The lowest BCUT2D eigenvalue weighted by molar-refractivity contribution is 0.0504. The normalized spacial score (nSPS) is 17.4. The van der Waals surface area contributed by atoms with Crippen molar-refractivity contribution in [2.45, 2.75) is 18.6 Å². The van der Waals surface area contributed by atoms with E-state index in [1.165, 1.54) is 0 Å². The molecular formula is C28H25NO3. The van der Waals surface area contributed by atoms with Gasteiger partial charge in [-0.3, -0.25) is 4.98 Å². The highest BCUT2D eigenvalue weighted by Gasteiger charge is 2.30. The quantitative estimate of drug-likeness (QED) is 0.443. The van der Waals surface area contributed by atoms with Crippen molar-refractivity contribution >= 4 is 0 Å². The Morgan fingerprint density at radius 1 is 0.906 bits per heavy atom. The maximum Gasteiger partial charge on any atom is 0.149 e. The van der Waals surface area contributed by atoms with Crippen LogP contribution < -0.4 is 9.47 Å². The van der Waals surface area contributed by atoms with Gasteiger partial charge in [-0.1, -0.05) is 66.7 Å². The van der Waals surface area contributed by atoms with Crippen molar-refractivity contribution in [2.75, 3.05) is 6.61 Å². The molecule has 0 radical (unpaired) electrons. The van der Waals surface area contributed by atoms with Crippen LogP contribution in [0, 0.1) is 5.92 Å². The van der Waals surface area contributed by atoms with Crippen molar-refractivity contribution in [3.8, 4) is 11.5 Å². The summed E-state index contributed by atoms with van der Waals surface area (Å²) in [6.07, 6.45) is 3.49. The van der Waals surface area contributed by atoms with Crippen molar-refractivity contribution in [1.82, 2.24) is 4.98 Å². The number of aliphatic hydroxyl groups is 1. The van der Waals surface area contributed by atoms with Gasteiger partial charge in [0.15, 0.2) is 0 Å². The summed E-state index contributed by atoms with van der Waals surface area (Å²) >= 11 is 0. The molecule has 4 heteroatoms. The summed E-state index contributed by atoms with van der Waals surface area (Å²) < 4.78 is 12.5. The first-order valence-corrected chi connectivity index (χ1v) is 10.9. The topological polar surface area (TPSA) is 51.6 Å². The fourth-order valence-electron chi connectivity index (χ4n) is 4.21. The number of ether oxygens (including phenoxy) is 2. The Hall–Kier alpha value is -3.63. The second kappa shape index (κ2) is 9.25. The predicted octanol–water partition coefficient (Wildman–Crippen LogP) is 5.53. The van der Waals surface area contributed by atoms with Gasteiger partial charge in [-0.05, 0) is 41.3 Å². The molecule has 0 bridgehead atoms. The smallest absolute Gasteiger partial charge is 0.149 e. The van der Waals surface area contributed by atoms with Gasteiger partial charge >= 0.3 is 0 Å². The van der Waals surface area contributed by atoms with Crippen LogP contribution in [-0.4, -0.2) is 16.7 Å². The second-order valence-corrected chi connectivity index (χ2v) is 8.10. The van der Waals surface area contributed by atoms with Crippen LogP contribution in [0.2, 0.25) is 0 Å². The zero-order chi connectivity index (χ0) is 21.8. The number of aromatic nitrogens is 1. The molecule has 2 heterocycles. The predicted molar refractivity (Wildman–Crippen MR) is 124 cm³/mol. The molecule has 4 nitrogen and oxygen atoms in total. The van der Waals surface area contributed by atoms with E-state index in [-0.39, 0.29) is 12.0 Å². The third-order valence-corrected chi connectivity index (χ3v) is 5.88. The van der Waals surface area contributed by atoms with Crippen LogP contribution in [0.1, 0.15) is 34.5 Å². The molecule has 3 aromatic carbocycles. The van der Waals surface area contributed by atoms with Crippen LogP contribution in [0.4, 0.5) is 0 Å². The van der Waals surface area contributed by atoms with E-state index in [1.807, 2.05) is 72.9 Å². The zero-order valence-corrected chi connectivity index (χ0v) is 17.7. The van der Waals surface area contributed by atoms with E-state index in [9.17, 15) is 5.11 Å². The van der Waals surface area contributed by atoms with Gasteiger partial charge in [0.1, 0.15) is 17.6 Å². The summed E-state index contributed by atoms with van der Waals surface area (Å²) in [6, 6.07) is 30.0. The standard InChI is InChI=1S/C28H25NO3/c30-27-23(16-20-8-7-15-29-18-20)19-31-26-17-24(13-14-25(26)27)32-28(21-9-3-1-4-10-21)22-11-5-2-6-12-22/h1-15,17-18,23,27-28,30H,16,19H2/t23-,27+/m1/s1. The van der Waals surface area contributed by atoms with Crippen molar-refractivity contribution in [3.63, 3.8) is 0 Å². The molecule has 1 aromatic heterocycles. The third-order valence-electron chi connectivity index (χ3n) is 5.88. The Kier molecular flexibility index (Phi) is 5.86. The molecule has 2 atom stereocenters. The highest BCUT2D eigenvalue weighted by molar-refractivity contribution is 5.44. The minimum Gasteiger partial charge on any atom is -0.493 e. The van der Waals surface area contributed by atoms with Crippen LogP contribution >= 0.6 is 0 Å². The Balaban J connectivity index is 1.38. The van der Waals surface area contributed by atoms with Gasteiger partial charge < -0.3 is 14.6 Å². The lowest BCUT2D eigenvalue weighted by Gasteiger charge is -2.31. The van der Waals surface area contributed by atoms with Crippen LogP contribution in [0.5, 0.6) is 11.5 Å². The lowest BCUT2D eigenvalue weighted by atomic mass is 9.88. The summed E-state index contributed by atoms with van der Waals surface area (Å²) in [5.74, 6) is 1.37. The van der Waals surface area contributed by atoms with E-state index in [0.29, 0.717) is 18.1 Å². The van der Waals surface area contributed by atoms with Gasteiger partial charge in [0.25, 0.3) is 0 Å². The number of hydrogen-bond donors (Lipinski definition) is 1. The molecule has 0 saturated heterocycles. The second-order valence-electron chi connectivity index (χ2n) is 8.10. The summed E-state index contributed by atoms with van der Waals surface area (Å²) in [5, 5.41) is 11.0. The van der Waals surface area contributed by atoms with Crippen molar-refractivity contribution in [2.24, 2.45) is 5.92 Å². The lowest BCUT2D eigenvalue weighted by Crippen LogP contribution is -2.27. The number of hydrogen-bond acceptors (Lipinski definition) is 4. The molecular weight excluding hydrogens is 398 g/mol. The van der Waals surface area contributed by atoms with Crippen LogP contribution in [-0.2, 0) is 6.42 Å². The average molecular weight is 424 g/mol. The minimum atomic E-state index is -0.591. The zero-order valence-electron chi connectivity index (χ0n) is 17.7. The molecule has 1 aliphatic heterocycles. The van der Waals surface area contributed by atoms with E-state index >= 15 is 0 Å². The van der Waals surface area contributed by atoms with Gasteiger partial charge in [0.05, 0.1) is 12.7 Å². The Morgan fingerprint density at radius 3 is 2.28 bits per heavy atom.